The molecule has 0 amide bonds. The highest BCUT2D eigenvalue weighted by molar-refractivity contribution is 4.91. The minimum Gasteiger partial charge on any atom is -0.316 e. The predicted molar refractivity (Wildman–Crippen MR) is 78.8 cm³/mol. The van der Waals surface area contributed by atoms with Crippen LogP contribution >= 0.6 is 0 Å². The Labute approximate surface area is 114 Å². The van der Waals surface area contributed by atoms with Crippen molar-refractivity contribution in [2.45, 2.75) is 52.9 Å². The zero-order valence-corrected chi connectivity index (χ0v) is 12.7. The van der Waals surface area contributed by atoms with Gasteiger partial charge in [0.25, 0.3) is 0 Å². The Balaban J connectivity index is 1.95. The van der Waals surface area contributed by atoms with Crippen LogP contribution in [0.25, 0.3) is 0 Å². The number of likely N-dealkylation sites (tertiary alicyclic amines) is 1. The molecule has 2 fully saturated rings. The average Bonchev–Trinajstić information content (AvgIpc) is 2.72. The molecule has 1 aliphatic carbocycles. The molecule has 0 aromatic carbocycles. The van der Waals surface area contributed by atoms with Gasteiger partial charge in [0.05, 0.1) is 0 Å². The summed E-state index contributed by atoms with van der Waals surface area (Å²) in [6.07, 6.45) is 7.17. The second-order valence-electron chi connectivity index (χ2n) is 7.11. The lowest BCUT2D eigenvalue weighted by Crippen LogP contribution is -2.46. The Morgan fingerprint density at radius 2 is 2.06 bits per heavy atom. The van der Waals surface area contributed by atoms with E-state index in [0.717, 1.165) is 18.4 Å². The lowest BCUT2D eigenvalue weighted by atomic mass is 9.69. The van der Waals surface area contributed by atoms with Crippen molar-refractivity contribution < 1.29 is 0 Å². The Bertz CT molecular complexity index is 253. The van der Waals surface area contributed by atoms with Gasteiger partial charge in [0.15, 0.2) is 0 Å². The van der Waals surface area contributed by atoms with Gasteiger partial charge in [-0.1, -0.05) is 33.6 Å². The van der Waals surface area contributed by atoms with Gasteiger partial charge in [-0.05, 0) is 49.6 Å². The van der Waals surface area contributed by atoms with E-state index < -0.39 is 0 Å². The Kier molecular flexibility index (Phi) is 5.08. The van der Waals surface area contributed by atoms with Gasteiger partial charge in [0, 0.05) is 19.6 Å². The van der Waals surface area contributed by atoms with Gasteiger partial charge in [-0.25, -0.2) is 0 Å². The first kappa shape index (κ1) is 14.3. The first-order valence-electron chi connectivity index (χ1n) is 8.06. The summed E-state index contributed by atoms with van der Waals surface area (Å²) in [5.41, 5.74) is 0.567. The van der Waals surface area contributed by atoms with Crippen LogP contribution in [-0.4, -0.2) is 37.6 Å². The number of nitrogens with one attached hydrogen (secondary N) is 1. The van der Waals surface area contributed by atoms with Crippen molar-refractivity contribution in [1.29, 1.82) is 0 Å². The van der Waals surface area contributed by atoms with Crippen molar-refractivity contribution in [2.24, 2.45) is 17.3 Å². The fourth-order valence-corrected chi connectivity index (χ4v) is 4.16. The highest BCUT2D eigenvalue weighted by Gasteiger charge is 2.37. The maximum atomic E-state index is 3.64. The van der Waals surface area contributed by atoms with Crippen molar-refractivity contribution in [3.63, 3.8) is 0 Å². The lowest BCUT2D eigenvalue weighted by Gasteiger charge is -2.43. The summed E-state index contributed by atoms with van der Waals surface area (Å²) < 4.78 is 0. The zero-order valence-electron chi connectivity index (χ0n) is 12.7. The van der Waals surface area contributed by atoms with Gasteiger partial charge >= 0.3 is 0 Å². The molecular weight excluding hydrogens is 220 g/mol. The highest BCUT2D eigenvalue weighted by atomic mass is 15.2. The second-order valence-corrected chi connectivity index (χ2v) is 7.11. The summed E-state index contributed by atoms with van der Waals surface area (Å²) in [6.45, 7) is 13.5. The molecule has 1 heterocycles. The monoisotopic (exact) mass is 252 g/mol. The second kappa shape index (κ2) is 6.38. The standard InChI is InChI=1S/C16H32N2/c1-4-17-12-16(8-5-6-14(2)10-16)13-18-9-7-15(3)11-18/h14-15,17H,4-13H2,1-3H3. The fraction of sp³-hybridized carbons (Fsp3) is 1.00. The van der Waals surface area contributed by atoms with E-state index in [9.17, 15) is 0 Å². The number of nitrogens with zero attached hydrogens (tertiary/aromatic N) is 1. The van der Waals surface area contributed by atoms with Gasteiger partial charge in [0.2, 0.25) is 0 Å². The van der Waals surface area contributed by atoms with Crippen LogP contribution in [-0.2, 0) is 0 Å². The van der Waals surface area contributed by atoms with E-state index in [4.69, 9.17) is 0 Å². The molecule has 2 heteroatoms. The van der Waals surface area contributed by atoms with Gasteiger partial charge in [-0.2, -0.15) is 0 Å². The van der Waals surface area contributed by atoms with Crippen LogP contribution in [0.2, 0.25) is 0 Å². The van der Waals surface area contributed by atoms with Crippen molar-refractivity contribution in [3.05, 3.63) is 0 Å². The van der Waals surface area contributed by atoms with Gasteiger partial charge < -0.3 is 10.2 Å². The van der Waals surface area contributed by atoms with Crippen LogP contribution in [0.1, 0.15) is 52.9 Å². The van der Waals surface area contributed by atoms with Crippen LogP contribution in [0, 0.1) is 17.3 Å². The third-order valence-electron chi connectivity index (χ3n) is 5.00. The van der Waals surface area contributed by atoms with Crippen molar-refractivity contribution in [2.75, 3.05) is 32.7 Å². The molecule has 0 aromatic heterocycles. The maximum Gasteiger partial charge on any atom is 0.00504 e. The van der Waals surface area contributed by atoms with E-state index in [1.54, 1.807) is 0 Å². The molecule has 106 valence electrons. The van der Waals surface area contributed by atoms with Gasteiger partial charge in [0.1, 0.15) is 0 Å². The van der Waals surface area contributed by atoms with Crippen LogP contribution in [0.3, 0.4) is 0 Å². The number of hydrogen-bond donors (Lipinski definition) is 1. The van der Waals surface area contributed by atoms with E-state index >= 15 is 0 Å². The van der Waals surface area contributed by atoms with E-state index in [0.29, 0.717) is 5.41 Å². The number of hydrogen-bond acceptors (Lipinski definition) is 2. The van der Waals surface area contributed by atoms with Gasteiger partial charge in [-0.15, -0.1) is 0 Å². The van der Waals surface area contributed by atoms with Crippen LogP contribution in [0.5, 0.6) is 0 Å². The highest BCUT2D eigenvalue weighted by Crippen LogP contribution is 2.40. The Morgan fingerprint density at radius 3 is 2.67 bits per heavy atom. The SMILES string of the molecule is CCNCC1(CN2CCC(C)C2)CCCC(C)C1. The fourth-order valence-electron chi connectivity index (χ4n) is 4.16. The van der Waals surface area contributed by atoms with E-state index in [2.05, 4.69) is 31.0 Å². The summed E-state index contributed by atoms with van der Waals surface area (Å²) in [7, 11) is 0. The van der Waals surface area contributed by atoms with E-state index in [1.807, 2.05) is 0 Å². The smallest absolute Gasteiger partial charge is 0.00504 e. The maximum absolute atomic E-state index is 3.64. The molecule has 1 saturated carbocycles. The minimum absolute atomic E-state index is 0.567. The van der Waals surface area contributed by atoms with Crippen LogP contribution in [0.4, 0.5) is 0 Å². The van der Waals surface area contributed by atoms with Crippen LogP contribution < -0.4 is 5.32 Å². The first-order chi connectivity index (χ1) is 8.63. The van der Waals surface area contributed by atoms with Crippen LogP contribution in [0.15, 0.2) is 0 Å². The third-order valence-corrected chi connectivity index (χ3v) is 5.00. The molecule has 1 aliphatic heterocycles. The Hall–Kier alpha value is -0.0800. The Morgan fingerprint density at radius 1 is 1.22 bits per heavy atom. The molecule has 0 aromatic rings. The molecule has 1 N–H and O–H groups in total. The molecule has 2 nitrogen and oxygen atoms in total. The molecule has 2 rings (SSSR count). The molecule has 1 saturated heterocycles. The predicted octanol–water partition coefficient (Wildman–Crippen LogP) is 3.13. The summed E-state index contributed by atoms with van der Waals surface area (Å²) in [5.74, 6) is 1.85. The minimum atomic E-state index is 0.567. The summed E-state index contributed by atoms with van der Waals surface area (Å²) in [6, 6.07) is 0. The van der Waals surface area contributed by atoms with E-state index in [1.165, 1.54) is 58.3 Å². The van der Waals surface area contributed by atoms with Crippen molar-refractivity contribution in [1.82, 2.24) is 10.2 Å². The summed E-state index contributed by atoms with van der Waals surface area (Å²) >= 11 is 0. The molecule has 0 spiro atoms. The topological polar surface area (TPSA) is 15.3 Å². The molecule has 0 radical (unpaired) electrons. The van der Waals surface area contributed by atoms with Gasteiger partial charge in [-0.3, -0.25) is 0 Å². The first-order valence-corrected chi connectivity index (χ1v) is 8.06. The number of rotatable bonds is 5. The third kappa shape index (κ3) is 3.71. The molecule has 2 aliphatic rings. The lowest BCUT2D eigenvalue weighted by molar-refractivity contribution is 0.0903. The van der Waals surface area contributed by atoms with Crippen molar-refractivity contribution >= 4 is 0 Å². The zero-order chi connectivity index (χ0) is 13.0. The largest absolute Gasteiger partial charge is 0.316 e. The van der Waals surface area contributed by atoms with Crippen molar-refractivity contribution in [3.8, 4) is 0 Å². The molecular formula is C16H32N2. The average molecular weight is 252 g/mol. The molecule has 3 unspecified atom stereocenters. The molecule has 3 atom stereocenters. The van der Waals surface area contributed by atoms with E-state index in [-0.39, 0.29) is 0 Å². The summed E-state index contributed by atoms with van der Waals surface area (Å²) in [5, 5.41) is 3.64. The molecule has 18 heavy (non-hydrogen) atoms. The molecule has 0 bridgehead atoms. The normalized spacial score (nSPS) is 38.2. The quantitative estimate of drug-likeness (QED) is 0.808. The summed E-state index contributed by atoms with van der Waals surface area (Å²) in [4.78, 5) is 2.74.